The fourth-order valence-corrected chi connectivity index (χ4v) is 3.30. The van der Waals surface area contributed by atoms with Gasteiger partial charge in [-0.2, -0.15) is 0 Å². The van der Waals surface area contributed by atoms with Gasteiger partial charge in [0.2, 0.25) is 15.9 Å². The molecule has 0 spiro atoms. The van der Waals surface area contributed by atoms with Crippen molar-refractivity contribution in [2.75, 3.05) is 6.54 Å². The minimum atomic E-state index is -3.91. The Bertz CT molecular complexity index is 866. The number of halogens is 1. The van der Waals surface area contributed by atoms with Crippen molar-refractivity contribution < 1.29 is 17.6 Å². The maximum atomic E-state index is 13.2. The Morgan fingerprint density at radius 2 is 2.12 bits per heavy atom. The van der Waals surface area contributed by atoms with Crippen LogP contribution >= 0.6 is 0 Å². The molecule has 1 aromatic heterocycles. The van der Waals surface area contributed by atoms with Crippen molar-refractivity contribution in [3.63, 3.8) is 0 Å². The summed E-state index contributed by atoms with van der Waals surface area (Å²) in [5.74, 6) is -0.431. The SMILES string of the molecule is CCn1cnnc1[C@@H](C)NC(=O)CNS(=O)(=O)c1ccc(F)c(C)c1. The second kappa shape index (κ2) is 7.70. The quantitative estimate of drug-likeness (QED) is 0.754. The number of hydrogen-bond donors (Lipinski definition) is 2. The van der Waals surface area contributed by atoms with E-state index in [-0.39, 0.29) is 10.5 Å². The third-order valence-electron chi connectivity index (χ3n) is 3.61. The zero-order chi connectivity index (χ0) is 18.6. The number of aryl methyl sites for hydroxylation is 2. The molecule has 25 heavy (non-hydrogen) atoms. The minimum Gasteiger partial charge on any atom is -0.345 e. The van der Waals surface area contributed by atoms with Crippen LogP contribution < -0.4 is 10.0 Å². The van der Waals surface area contributed by atoms with Gasteiger partial charge in [0.15, 0.2) is 5.82 Å². The zero-order valence-corrected chi connectivity index (χ0v) is 15.0. The summed E-state index contributed by atoms with van der Waals surface area (Å²) in [6.07, 6.45) is 1.55. The lowest BCUT2D eigenvalue weighted by Gasteiger charge is -2.14. The first-order valence-corrected chi connectivity index (χ1v) is 9.15. The molecule has 10 heteroatoms. The molecule has 1 amide bonds. The molecule has 0 aliphatic carbocycles. The summed E-state index contributed by atoms with van der Waals surface area (Å²) in [6.45, 7) is 5.32. The van der Waals surface area contributed by atoms with E-state index >= 15 is 0 Å². The molecule has 0 bridgehead atoms. The highest BCUT2D eigenvalue weighted by Gasteiger charge is 2.19. The molecule has 0 unspecified atom stereocenters. The van der Waals surface area contributed by atoms with Crippen LogP contribution in [0.25, 0.3) is 0 Å². The molecule has 136 valence electrons. The second-order valence-electron chi connectivity index (χ2n) is 5.50. The summed E-state index contributed by atoms with van der Waals surface area (Å²) in [5.41, 5.74) is 0.208. The van der Waals surface area contributed by atoms with E-state index < -0.39 is 34.3 Å². The molecule has 8 nitrogen and oxygen atoms in total. The monoisotopic (exact) mass is 369 g/mol. The van der Waals surface area contributed by atoms with E-state index in [1.807, 2.05) is 6.92 Å². The molecule has 1 aromatic carbocycles. The predicted octanol–water partition coefficient (Wildman–Crippen LogP) is 0.901. The van der Waals surface area contributed by atoms with Gasteiger partial charge < -0.3 is 9.88 Å². The molecule has 0 aliphatic rings. The average molecular weight is 369 g/mol. The van der Waals surface area contributed by atoms with Crippen LogP contribution in [0.3, 0.4) is 0 Å². The van der Waals surface area contributed by atoms with Crippen LogP contribution in [-0.4, -0.2) is 35.6 Å². The normalized spacial score (nSPS) is 12.8. The largest absolute Gasteiger partial charge is 0.345 e. The van der Waals surface area contributed by atoms with Gasteiger partial charge in [-0.3, -0.25) is 4.79 Å². The standard InChI is InChI=1S/C15H20FN5O3S/c1-4-21-9-17-20-15(21)11(3)19-14(22)8-18-25(23,24)12-5-6-13(16)10(2)7-12/h5-7,9,11,18H,4,8H2,1-3H3,(H,19,22)/t11-/m1/s1. The number of rotatable bonds is 7. The van der Waals surface area contributed by atoms with Gasteiger partial charge >= 0.3 is 0 Å². The molecule has 0 saturated carbocycles. The Balaban J connectivity index is 1.98. The van der Waals surface area contributed by atoms with Gasteiger partial charge in [0.05, 0.1) is 17.5 Å². The van der Waals surface area contributed by atoms with Gasteiger partial charge in [0.25, 0.3) is 0 Å². The summed E-state index contributed by atoms with van der Waals surface area (Å²) in [5, 5.41) is 10.4. The van der Waals surface area contributed by atoms with Crippen LogP contribution in [0.2, 0.25) is 0 Å². The summed E-state index contributed by atoms with van der Waals surface area (Å²) in [6, 6.07) is 3.01. The molecule has 2 N–H and O–H groups in total. The van der Waals surface area contributed by atoms with Gasteiger partial charge in [-0.1, -0.05) is 0 Å². The minimum absolute atomic E-state index is 0.0991. The van der Waals surface area contributed by atoms with Crippen molar-refractivity contribution in [2.24, 2.45) is 0 Å². The maximum Gasteiger partial charge on any atom is 0.241 e. The lowest BCUT2D eigenvalue weighted by atomic mass is 10.2. The molecule has 0 aliphatic heterocycles. The van der Waals surface area contributed by atoms with Crippen LogP contribution in [0.1, 0.15) is 31.3 Å². The maximum absolute atomic E-state index is 13.2. The van der Waals surface area contributed by atoms with Gasteiger partial charge in [-0.25, -0.2) is 17.5 Å². The fourth-order valence-electron chi connectivity index (χ4n) is 2.23. The number of amides is 1. The lowest BCUT2D eigenvalue weighted by molar-refractivity contribution is -0.120. The Morgan fingerprint density at radius 3 is 2.76 bits per heavy atom. The van der Waals surface area contributed by atoms with Crippen molar-refractivity contribution in [1.82, 2.24) is 24.8 Å². The van der Waals surface area contributed by atoms with E-state index in [1.165, 1.54) is 13.0 Å². The van der Waals surface area contributed by atoms with Crippen molar-refractivity contribution in [1.29, 1.82) is 0 Å². The van der Waals surface area contributed by atoms with Crippen LogP contribution in [0.5, 0.6) is 0 Å². The topological polar surface area (TPSA) is 106 Å². The van der Waals surface area contributed by atoms with Crippen LogP contribution in [0.15, 0.2) is 29.4 Å². The predicted molar refractivity (Wildman–Crippen MR) is 88.6 cm³/mol. The number of carbonyl (C=O) groups excluding carboxylic acids is 1. The first-order chi connectivity index (χ1) is 11.7. The number of nitrogens with zero attached hydrogens (tertiary/aromatic N) is 3. The number of benzene rings is 1. The third kappa shape index (κ3) is 4.60. The number of hydrogen-bond acceptors (Lipinski definition) is 5. The molecular weight excluding hydrogens is 349 g/mol. The highest BCUT2D eigenvalue weighted by Crippen LogP contribution is 2.14. The van der Waals surface area contributed by atoms with E-state index in [1.54, 1.807) is 17.8 Å². The summed E-state index contributed by atoms with van der Waals surface area (Å²) in [4.78, 5) is 11.9. The molecule has 1 heterocycles. The van der Waals surface area contributed by atoms with Gasteiger partial charge in [-0.15, -0.1) is 10.2 Å². The van der Waals surface area contributed by atoms with Crippen molar-refractivity contribution in [3.8, 4) is 0 Å². The van der Waals surface area contributed by atoms with Gasteiger partial charge in [0.1, 0.15) is 12.1 Å². The summed E-state index contributed by atoms with van der Waals surface area (Å²) in [7, 11) is -3.91. The Hall–Kier alpha value is -2.33. The Labute approximate surface area is 145 Å². The molecule has 1 atom stereocenters. The van der Waals surface area contributed by atoms with Crippen LogP contribution in [-0.2, 0) is 21.4 Å². The number of aromatic nitrogens is 3. The van der Waals surface area contributed by atoms with Gasteiger partial charge in [-0.05, 0) is 44.5 Å². The highest BCUT2D eigenvalue weighted by molar-refractivity contribution is 7.89. The molecule has 2 rings (SSSR count). The van der Waals surface area contributed by atoms with Crippen LogP contribution in [0.4, 0.5) is 4.39 Å². The van der Waals surface area contributed by atoms with E-state index in [9.17, 15) is 17.6 Å². The van der Waals surface area contributed by atoms with Gasteiger partial charge in [0, 0.05) is 6.54 Å². The van der Waals surface area contributed by atoms with Crippen molar-refractivity contribution >= 4 is 15.9 Å². The molecule has 2 aromatic rings. The molecule has 0 radical (unpaired) electrons. The van der Waals surface area contributed by atoms with Crippen molar-refractivity contribution in [3.05, 3.63) is 41.7 Å². The zero-order valence-electron chi connectivity index (χ0n) is 14.2. The highest BCUT2D eigenvalue weighted by atomic mass is 32.2. The molecule has 0 fully saturated rings. The average Bonchev–Trinajstić information content (AvgIpc) is 3.04. The first-order valence-electron chi connectivity index (χ1n) is 7.67. The fraction of sp³-hybridized carbons (Fsp3) is 0.400. The van der Waals surface area contributed by atoms with E-state index in [4.69, 9.17) is 0 Å². The van der Waals surface area contributed by atoms with E-state index in [0.717, 1.165) is 12.1 Å². The Morgan fingerprint density at radius 1 is 1.40 bits per heavy atom. The van der Waals surface area contributed by atoms with Crippen LogP contribution in [0, 0.1) is 12.7 Å². The first kappa shape index (κ1) is 19.0. The third-order valence-corrected chi connectivity index (χ3v) is 5.01. The summed E-state index contributed by atoms with van der Waals surface area (Å²) >= 11 is 0. The number of carbonyl (C=O) groups is 1. The number of nitrogens with one attached hydrogen (secondary N) is 2. The van der Waals surface area contributed by atoms with Crippen molar-refractivity contribution in [2.45, 2.75) is 38.3 Å². The van der Waals surface area contributed by atoms with E-state index in [0.29, 0.717) is 12.4 Å². The molecule has 0 saturated heterocycles. The van der Waals surface area contributed by atoms with E-state index in [2.05, 4.69) is 20.2 Å². The Kier molecular flexibility index (Phi) is 5.85. The number of sulfonamides is 1. The second-order valence-corrected chi connectivity index (χ2v) is 7.27. The smallest absolute Gasteiger partial charge is 0.241 e. The lowest BCUT2D eigenvalue weighted by Crippen LogP contribution is -2.38. The molecular formula is C15H20FN5O3S. The summed E-state index contributed by atoms with van der Waals surface area (Å²) < 4.78 is 41.6.